The van der Waals surface area contributed by atoms with E-state index in [0.29, 0.717) is 12.4 Å². The fraction of sp³-hybridized carbons (Fsp3) is 0.263. The molecule has 0 saturated carbocycles. The maximum atomic E-state index is 11.8. The first-order valence-electron chi connectivity index (χ1n) is 8.68. The van der Waals surface area contributed by atoms with Crippen LogP contribution in [0.5, 0.6) is 0 Å². The van der Waals surface area contributed by atoms with Gasteiger partial charge in [0.1, 0.15) is 10.7 Å². The molecule has 0 fully saturated rings. The van der Waals surface area contributed by atoms with Crippen LogP contribution in [0, 0.1) is 0 Å². The van der Waals surface area contributed by atoms with Gasteiger partial charge in [-0.2, -0.15) is 5.10 Å². The van der Waals surface area contributed by atoms with Gasteiger partial charge in [-0.1, -0.05) is 32.0 Å². The van der Waals surface area contributed by atoms with Crippen LogP contribution in [0.15, 0.2) is 59.8 Å². The summed E-state index contributed by atoms with van der Waals surface area (Å²) >= 11 is 0. The molecule has 0 bridgehead atoms. The Morgan fingerprint density at radius 1 is 1.11 bits per heavy atom. The topological polar surface area (TPSA) is 88.9 Å². The predicted molar refractivity (Wildman–Crippen MR) is 105 cm³/mol. The van der Waals surface area contributed by atoms with E-state index in [0.717, 1.165) is 16.9 Å². The molecular weight excluding hydrogens is 362 g/mol. The van der Waals surface area contributed by atoms with Gasteiger partial charge < -0.3 is 5.32 Å². The molecule has 0 radical (unpaired) electrons. The molecule has 0 atom stereocenters. The van der Waals surface area contributed by atoms with E-state index in [2.05, 4.69) is 28.9 Å². The van der Waals surface area contributed by atoms with E-state index < -0.39 is 10.0 Å². The largest absolute Gasteiger partial charge is 0.366 e. The molecule has 1 aromatic carbocycles. The fourth-order valence-corrected chi connectivity index (χ4v) is 3.38. The molecule has 0 amide bonds. The Kier molecular flexibility index (Phi) is 5.57. The fourth-order valence-electron chi connectivity index (χ4n) is 2.71. The highest BCUT2D eigenvalue weighted by molar-refractivity contribution is 7.89. The molecule has 0 aliphatic carbocycles. The lowest BCUT2D eigenvalue weighted by atomic mass is 10.1. The number of benzene rings is 1. The molecular formula is C19H23N5O2S. The van der Waals surface area contributed by atoms with E-state index in [1.54, 1.807) is 6.07 Å². The van der Waals surface area contributed by atoms with Crippen LogP contribution < -0.4 is 10.0 Å². The lowest BCUT2D eigenvalue weighted by Crippen LogP contribution is -2.18. The molecule has 3 rings (SSSR count). The predicted octanol–water partition coefficient (Wildman–Crippen LogP) is 2.91. The van der Waals surface area contributed by atoms with Crippen LogP contribution in [0.2, 0.25) is 0 Å². The Hall–Kier alpha value is -2.71. The van der Waals surface area contributed by atoms with Crippen LogP contribution in [-0.4, -0.2) is 30.2 Å². The highest BCUT2D eigenvalue weighted by atomic mass is 32.2. The van der Waals surface area contributed by atoms with Gasteiger partial charge in [0.15, 0.2) is 0 Å². The minimum absolute atomic E-state index is 0.135. The molecule has 2 aromatic heterocycles. The smallest absolute Gasteiger partial charge is 0.241 e. The first-order valence-corrected chi connectivity index (χ1v) is 10.2. The van der Waals surface area contributed by atoms with Gasteiger partial charge in [0, 0.05) is 24.5 Å². The van der Waals surface area contributed by atoms with Gasteiger partial charge in [0.25, 0.3) is 0 Å². The van der Waals surface area contributed by atoms with Gasteiger partial charge >= 0.3 is 0 Å². The summed E-state index contributed by atoms with van der Waals surface area (Å²) in [4.78, 5) is 4.32. The van der Waals surface area contributed by atoms with Crippen molar-refractivity contribution >= 4 is 15.8 Å². The Morgan fingerprint density at radius 3 is 2.44 bits per heavy atom. The molecule has 7 nitrogen and oxygen atoms in total. The highest BCUT2D eigenvalue weighted by Crippen LogP contribution is 2.21. The minimum atomic E-state index is -3.48. The van der Waals surface area contributed by atoms with Gasteiger partial charge in [-0.05, 0) is 37.2 Å². The molecule has 2 heterocycles. The molecule has 0 saturated heterocycles. The lowest BCUT2D eigenvalue weighted by Gasteiger charge is -2.08. The number of nitrogens with one attached hydrogen (secondary N) is 2. The van der Waals surface area contributed by atoms with Crippen molar-refractivity contribution in [3.05, 3.63) is 66.1 Å². The average molecular weight is 385 g/mol. The molecule has 8 heteroatoms. The maximum Gasteiger partial charge on any atom is 0.241 e. The van der Waals surface area contributed by atoms with E-state index in [1.165, 1.54) is 19.3 Å². The summed E-state index contributed by atoms with van der Waals surface area (Å²) in [6.07, 6.45) is 3.35. The third-order valence-electron chi connectivity index (χ3n) is 4.17. The van der Waals surface area contributed by atoms with Gasteiger partial charge in [-0.25, -0.2) is 22.8 Å². The summed E-state index contributed by atoms with van der Waals surface area (Å²) in [7, 11) is -2.11. The number of para-hydroxylation sites is 1. The third kappa shape index (κ3) is 4.35. The Balaban J connectivity index is 1.78. The van der Waals surface area contributed by atoms with Crippen molar-refractivity contribution in [2.75, 3.05) is 12.4 Å². The van der Waals surface area contributed by atoms with Gasteiger partial charge in [0.2, 0.25) is 10.0 Å². The molecule has 2 N–H and O–H groups in total. The summed E-state index contributed by atoms with van der Waals surface area (Å²) in [6, 6.07) is 13.1. The standard InChI is InChI=1S/C19H23N5O2S/c1-14(2)19-15(13-24(23-19)16-7-5-4-6-8-16)11-21-18-10-9-17(12-22-18)27(25,26)20-3/h4-10,12-14,20H,11H2,1-3H3,(H,21,22). The van der Waals surface area contributed by atoms with Crippen LogP contribution in [0.4, 0.5) is 5.82 Å². The zero-order valence-corrected chi connectivity index (χ0v) is 16.4. The third-order valence-corrected chi connectivity index (χ3v) is 5.57. The van der Waals surface area contributed by atoms with Crippen LogP contribution in [0.3, 0.4) is 0 Å². The van der Waals surface area contributed by atoms with Crippen molar-refractivity contribution in [1.29, 1.82) is 0 Å². The molecule has 0 aliphatic rings. The Bertz CT molecular complexity index is 996. The summed E-state index contributed by atoms with van der Waals surface area (Å²) in [5.41, 5.74) is 3.09. The minimum Gasteiger partial charge on any atom is -0.366 e. The van der Waals surface area contributed by atoms with Crippen molar-refractivity contribution in [2.24, 2.45) is 0 Å². The summed E-state index contributed by atoms with van der Waals surface area (Å²) in [5.74, 6) is 0.884. The van der Waals surface area contributed by atoms with Gasteiger partial charge in [-0.15, -0.1) is 0 Å². The number of sulfonamides is 1. The Morgan fingerprint density at radius 2 is 1.85 bits per heavy atom. The molecule has 3 aromatic rings. The van der Waals surface area contributed by atoms with E-state index in [4.69, 9.17) is 5.10 Å². The molecule has 0 spiro atoms. The van der Waals surface area contributed by atoms with E-state index in [-0.39, 0.29) is 10.8 Å². The summed E-state index contributed by atoms with van der Waals surface area (Å²) < 4.78 is 27.7. The summed E-state index contributed by atoms with van der Waals surface area (Å²) in [6.45, 7) is 4.76. The average Bonchev–Trinajstić information content (AvgIpc) is 3.12. The number of pyridine rings is 1. The van der Waals surface area contributed by atoms with E-state index in [1.807, 2.05) is 41.2 Å². The number of nitrogens with zero attached hydrogens (tertiary/aromatic N) is 3. The van der Waals surface area contributed by atoms with Crippen LogP contribution in [0.25, 0.3) is 5.69 Å². The molecule has 0 unspecified atom stereocenters. The van der Waals surface area contributed by atoms with E-state index >= 15 is 0 Å². The second-order valence-electron chi connectivity index (χ2n) is 6.41. The van der Waals surface area contributed by atoms with Crippen molar-refractivity contribution < 1.29 is 8.42 Å². The lowest BCUT2D eigenvalue weighted by molar-refractivity contribution is 0.588. The van der Waals surface area contributed by atoms with Crippen LogP contribution >= 0.6 is 0 Å². The van der Waals surface area contributed by atoms with Crippen molar-refractivity contribution in [3.8, 4) is 5.69 Å². The van der Waals surface area contributed by atoms with Crippen molar-refractivity contribution in [3.63, 3.8) is 0 Å². The molecule has 27 heavy (non-hydrogen) atoms. The second kappa shape index (κ2) is 7.89. The maximum absolute atomic E-state index is 11.8. The first-order chi connectivity index (χ1) is 12.9. The number of aromatic nitrogens is 3. The Labute approximate surface area is 159 Å². The second-order valence-corrected chi connectivity index (χ2v) is 8.30. The first kappa shape index (κ1) is 19.1. The van der Waals surface area contributed by atoms with Crippen molar-refractivity contribution in [2.45, 2.75) is 31.2 Å². The van der Waals surface area contributed by atoms with Crippen LogP contribution in [0.1, 0.15) is 31.0 Å². The quantitative estimate of drug-likeness (QED) is 0.653. The van der Waals surface area contributed by atoms with Crippen molar-refractivity contribution in [1.82, 2.24) is 19.5 Å². The monoisotopic (exact) mass is 385 g/mol. The SMILES string of the molecule is CNS(=O)(=O)c1ccc(NCc2cn(-c3ccccc3)nc2C(C)C)nc1. The number of hydrogen-bond donors (Lipinski definition) is 2. The number of anilines is 1. The van der Waals surface area contributed by atoms with E-state index in [9.17, 15) is 8.42 Å². The molecule has 0 aliphatic heterocycles. The number of rotatable bonds is 7. The molecule has 142 valence electrons. The van der Waals surface area contributed by atoms with Crippen LogP contribution in [-0.2, 0) is 16.6 Å². The van der Waals surface area contributed by atoms with Gasteiger partial charge in [0.05, 0.1) is 11.4 Å². The zero-order valence-electron chi connectivity index (χ0n) is 15.5. The van der Waals surface area contributed by atoms with Gasteiger partial charge in [-0.3, -0.25) is 0 Å². The number of hydrogen-bond acceptors (Lipinski definition) is 5. The zero-order chi connectivity index (χ0) is 19.4. The summed E-state index contributed by atoms with van der Waals surface area (Å²) in [5, 5.41) is 7.96. The highest BCUT2D eigenvalue weighted by Gasteiger charge is 2.14. The normalized spacial score (nSPS) is 11.7.